The smallest absolute Gasteiger partial charge is 0.317 e. The minimum absolute atomic E-state index is 0.00653. The number of nitrogens with zero attached hydrogens (tertiary/aromatic N) is 2. The van der Waals surface area contributed by atoms with Crippen LogP contribution in [-0.4, -0.2) is 60.3 Å². The number of carbonyl (C=O) groups is 1. The van der Waals surface area contributed by atoms with Gasteiger partial charge in [0.05, 0.1) is 13.2 Å². The summed E-state index contributed by atoms with van der Waals surface area (Å²) in [5.74, 6) is 0. The maximum absolute atomic E-state index is 11.9. The van der Waals surface area contributed by atoms with Crippen molar-refractivity contribution in [2.45, 2.75) is 6.54 Å². The van der Waals surface area contributed by atoms with Crippen LogP contribution in [0.4, 0.5) is 4.79 Å². The number of hydrogen-bond donors (Lipinski definition) is 2. The van der Waals surface area contributed by atoms with Crippen molar-refractivity contribution in [3.05, 3.63) is 22.4 Å². The predicted molar refractivity (Wildman–Crippen MR) is 71.7 cm³/mol. The molecule has 2 rings (SSSR count). The molecule has 2 N–H and O–H groups in total. The van der Waals surface area contributed by atoms with E-state index >= 15 is 0 Å². The molecule has 2 amide bonds. The Hall–Kier alpha value is -1.11. The zero-order valence-electron chi connectivity index (χ0n) is 10.3. The Morgan fingerprint density at radius 3 is 2.78 bits per heavy atom. The van der Waals surface area contributed by atoms with Crippen molar-refractivity contribution in [1.29, 1.82) is 0 Å². The lowest BCUT2D eigenvalue weighted by molar-refractivity contribution is 0.122. The number of amides is 2. The Bertz CT molecular complexity index is 361. The first-order chi connectivity index (χ1) is 8.79. The fraction of sp³-hybridized carbons (Fsp3) is 0.583. The van der Waals surface area contributed by atoms with Crippen molar-refractivity contribution in [1.82, 2.24) is 15.1 Å². The standard InChI is InChI=1S/C12H19N3O2S/c16-8-7-14-3-5-15(6-4-14)12(17)13-10-11-2-1-9-18-11/h1-2,9,16H,3-8,10H2,(H,13,17). The third-order valence-corrected chi connectivity index (χ3v) is 3.95. The van der Waals surface area contributed by atoms with E-state index in [0.717, 1.165) is 26.2 Å². The average Bonchev–Trinajstić information content (AvgIpc) is 2.90. The number of urea groups is 1. The summed E-state index contributed by atoms with van der Waals surface area (Å²) >= 11 is 1.65. The molecule has 0 saturated carbocycles. The molecule has 0 aromatic carbocycles. The molecule has 1 aliphatic heterocycles. The van der Waals surface area contributed by atoms with Crippen molar-refractivity contribution < 1.29 is 9.90 Å². The van der Waals surface area contributed by atoms with Crippen LogP contribution in [0, 0.1) is 0 Å². The highest BCUT2D eigenvalue weighted by Gasteiger charge is 2.20. The van der Waals surface area contributed by atoms with Crippen LogP contribution >= 0.6 is 11.3 Å². The molecule has 0 spiro atoms. The molecular weight excluding hydrogens is 250 g/mol. The third kappa shape index (κ3) is 3.69. The maximum atomic E-state index is 11.9. The van der Waals surface area contributed by atoms with E-state index in [1.165, 1.54) is 4.88 Å². The second-order valence-electron chi connectivity index (χ2n) is 4.29. The molecule has 0 unspecified atom stereocenters. The monoisotopic (exact) mass is 269 g/mol. The van der Waals surface area contributed by atoms with Crippen LogP contribution < -0.4 is 5.32 Å². The zero-order valence-corrected chi connectivity index (χ0v) is 11.2. The number of nitrogens with one attached hydrogen (secondary N) is 1. The van der Waals surface area contributed by atoms with Crippen molar-refractivity contribution in [2.75, 3.05) is 39.3 Å². The fourth-order valence-electron chi connectivity index (χ4n) is 2.00. The SMILES string of the molecule is O=C(NCc1cccs1)N1CCN(CCO)CC1. The molecule has 1 aromatic rings. The van der Waals surface area contributed by atoms with E-state index in [-0.39, 0.29) is 12.6 Å². The van der Waals surface area contributed by atoms with Crippen LogP contribution in [0.2, 0.25) is 0 Å². The summed E-state index contributed by atoms with van der Waals surface area (Å²) in [5, 5.41) is 13.8. The van der Waals surface area contributed by atoms with E-state index in [1.54, 1.807) is 11.3 Å². The van der Waals surface area contributed by atoms with E-state index in [4.69, 9.17) is 5.11 Å². The Morgan fingerprint density at radius 2 is 2.17 bits per heavy atom. The number of β-amino-alcohol motifs (C(OH)–C–C–N with tert-alkyl or cyclic N) is 1. The lowest BCUT2D eigenvalue weighted by Gasteiger charge is -2.34. The van der Waals surface area contributed by atoms with Crippen molar-refractivity contribution in [3.8, 4) is 0 Å². The fourth-order valence-corrected chi connectivity index (χ4v) is 2.65. The number of hydrogen-bond acceptors (Lipinski definition) is 4. The molecule has 18 heavy (non-hydrogen) atoms. The minimum atomic E-state index is 0.00653. The number of thiophene rings is 1. The average molecular weight is 269 g/mol. The van der Waals surface area contributed by atoms with E-state index < -0.39 is 0 Å². The van der Waals surface area contributed by atoms with Crippen LogP contribution in [0.1, 0.15) is 4.88 Å². The maximum Gasteiger partial charge on any atom is 0.317 e. The Labute approximate surface area is 111 Å². The molecule has 0 aliphatic carbocycles. The van der Waals surface area contributed by atoms with Gasteiger partial charge in [0, 0.05) is 37.6 Å². The normalized spacial score (nSPS) is 16.8. The van der Waals surface area contributed by atoms with Gasteiger partial charge in [-0.15, -0.1) is 11.3 Å². The number of carbonyl (C=O) groups excluding carboxylic acids is 1. The minimum Gasteiger partial charge on any atom is -0.395 e. The summed E-state index contributed by atoms with van der Waals surface area (Å²) in [5.41, 5.74) is 0. The predicted octanol–water partition coefficient (Wildman–Crippen LogP) is 0.568. The summed E-state index contributed by atoms with van der Waals surface area (Å²) in [4.78, 5) is 17.1. The molecule has 100 valence electrons. The molecule has 1 aromatic heterocycles. The van der Waals surface area contributed by atoms with Gasteiger partial charge in [0.25, 0.3) is 0 Å². The van der Waals surface area contributed by atoms with Gasteiger partial charge in [-0.05, 0) is 11.4 Å². The molecule has 0 radical (unpaired) electrons. The molecule has 0 bridgehead atoms. The summed E-state index contributed by atoms with van der Waals surface area (Å²) in [6.45, 7) is 4.63. The van der Waals surface area contributed by atoms with Crippen LogP contribution in [0.25, 0.3) is 0 Å². The number of rotatable bonds is 4. The van der Waals surface area contributed by atoms with Gasteiger partial charge in [0.15, 0.2) is 0 Å². The molecule has 5 nitrogen and oxygen atoms in total. The van der Waals surface area contributed by atoms with Crippen molar-refractivity contribution in [2.24, 2.45) is 0 Å². The van der Waals surface area contributed by atoms with Gasteiger partial charge >= 0.3 is 6.03 Å². The quantitative estimate of drug-likeness (QED) is 0.840. The van der Waals surface area contributed by atoms with E-state index in [9.17, 15) is 4.79 Å². The number of piperazine rings is 1. The zero-order chi connectivity index (χ0) is 12.8. The lowest BCUT2D eigenvalue weighted by atomic mass is 10.3. The highest BCUT2D eigenvalue weighted by Crippen LogP contribution is 2.08. The lowest BCUT2D eigenvalue weighted by Crippen LogP contribution is -2.52. The summed E-state index contributed by atoms with van der Waals surface area (Å²) in [7, 11) is 0. The van der Waals surface area contributed by atoms with Gasteiger partial charge in [-0.1, -0.05) is 6.07 Å². The molecule has 1 aliphatic rings. The van der Waals surface area contributed by atoms with Gasteiger partial charge in [-0.2, -0.15) is 0 Å². The topological polar surface area (TPSA) is 55.8 Å². The first-order valence-electron chi connectivity index (χ1n) is 6.18. The summed E-state index contributed by atoms with van der Waals surface area (Å²) in [6.07, 6.45) is 0. The van der Waals surface area contributed by atoms with Crippen LogP contribution in [0.5, 0.6) is 0 Å². The Balaban J connectivity index is 1.70. The molecule has 0 atom stereocenters. The first-order valence-corrected chi connectivity index (χ1v) is 7.06. The Morgan fingerprint density at radius 1 is 1.39 bits per heavy atom. The van der Waals surface area contributed by atoms with E-state index in [1.807, 2.05) is 22.4 Å². The van der Waals surface area contributed by atoms with Crippen molar-refractivity contribution >= 4 is 17.4 Å². The molecule has 6 heteroatoms. The van der Waals surface area contributed by atoms with Gasteiger partial charge in [0.2, 0.25) is 0 Å². The van der Waals surface area contributed by atoms with Crippen LogP contribution in [0.3, 0.4) is 0 Å². The second kappa shape index (κ2) is 6.72. The highest BCUT2D eigenvalue weighted by molar-refractivity contribution is 7.09. The number of aliphatic hydroxyl groups is 1. The van der Waals surface area contributed by atoms with E-state index in [0.29, 0.717) is 13.1 Å². The second-order valence-corrected chi connectivity index (χ2v) is 5.32. The van der Waals surface area contributed by atoms with Gasteiger partial charge < -0.3 is 15.3 Å². The van der Waals surface area contributed by atoms with E-state index in [2.05, 4.69) is 10.2 Å². The molecule has 1 saturated heterocycles. The largest absolute Gasteiger partial charge is 0.395 e. The summed E-state index contributed by atoms with van der Waals surface area (Å²) in [6, 6.07) is 4.01. The van der Waals surface area contributed by atoms with Crippen LogP contribution in [0.15, 0.2) is 17.5 Å². The van der Waals surface area contributed by atoms with Crippen molar-refractivity contribution in [3.63, 3.8) is 0 Å². The van der Waals surface area contributed by atoms with Gasteiger partial charge in [-0.25, -0.2) is 4.79 Å². The van der Waals surface area contributed by atoms with Crippen LogP contribution in [-0.2, 0) is 6.54 Å². The number of aliphatic hydroxyl groups excluding tert-OH is 1. The summed E-state index contributed by atoms with van der Waals surface area (Å²) < 4.78 is 0. The van der Waals surface area contributed by atoms with Gasteiger partial charge in [0.1, 0.15) is 0 Å². The first kappa shape index (κ1) is 13.3. The molecule has 2 heterocycles. The third-order valence-electron chi connectivity index (χ3n) is 3.07. The Kier molecular flexibility index (Phi) is 4.98. The molecule has 1 fully saturated rings. The van der Waals surface area contributed by atoms with Gasteiger partial charge in [-0.3, -0.25) is 4.90 Å². The highest BCUT2D eigenvalue weighted by atomic mass is 32.1. The molecular formula is C12H19N3O2S.